The van der Waals surface area contributed by atoms with E-state index in [9.17, 15) is 14.4 Å². The molecule has 0 radical (unpaired) electrons. The lowest BCUT2D eigenvalue weighted by Crippen LogP contribution is -2.52. The second-order valence-corrected chi connectivity index (χ2v) is 11.0. The second-order valence-electron chi connectivity index (χ2n) is 11.0. The molecule has 4 aromatic rings. The number of likely N-dealkylation sites (N-methyl/N-ethyl adjacent to an activating group) is 1. The molecule has 1 amide bonds. The predicted octanol–water partition coefficient (Wildman–Crippen LogP) is 6.16. The first-order valence-electron chi connectivity index (χ1n) is 14.3. The van der Waals surface area contributed by atoms with Crippen LogP contribution < -0.4 is 29.7 Å². The van der Waals surface area contributed by atoms with Gasteiger partial charge in [0, 0.05) is 30.8 Å². The Kier molecular flexibility index (Phi) is 8.67. The minimum atomic E-state index is -0.782. The Morgan fingerprint density at radius 2 is 1.51 bits per heavy atom. The highest BCUT2D eigenvalue weighted by Crippen LogP contribution is 2.45. The first kappa shape index (κ1) is 30.9. The van der Waals surface area contributed by atoms with Crippen molar-refractivity contribution in [1.29, 1.82) is 0 Å². The predicted molar refractivity (Wildman–Crippen MR) is 173 cm³/mol. The third-order valence-electron chi connectivity index (χ3n) is 7.66. The van der Waals surface area contributed by atoms with Crippen molar-refractivity contribution < 1.29 is 33.3 Å². The zero-order valence-corrected chi connectivity index (χ0v) is 26.0. The van der Waals surface area contributed by atoms with Crippen LogP contribution >= 0.6 is 0 Å². The topological polar surface area (TPSA) is 115 Å². The van der Waals surface area contributed by atoms with Crippen LogP contribution in [0.15, 0.2) is 78.9 Å². The monoisotopic (exact) mass is 609 g/mol. The normalized spacial score (nSPS) is 13.3. The zero-order valence-electron chi connectivity index (χ0n) is 26.0. The number of anilines is 3. The molecule has 0 aromatic heterocycles. The number of methoxy groups -OCH3 is 3. The Balaban J connectivity index is 1.54. The van der Waals surface area contributed by atoms with Gasteiger partial charge in [-0.15, -0.1) is 0 Å². The summed E-state index contributed by atoms with van der Waals surface area (Å²) in [6, 6.07) is 22.8. The third-order valence-corrected chi connectivity index (χ3v) is 7.66. The molecule has 0 saturated heterocycles. The van der Waals surface area contributed by atoms with Gasteiger partial charge in [0.25, 0.3) is 5.91 Å². The van der Waals surface area contributed by atoms with Crippen molar-refractivity contribution in [2.75, 3.05) is 43.9 Å². The van der Waals surface area contributed by atoms with E-state index in [-0.39, 0.29) is 22.8 Å². The molecule has 232 valence electrons. The van der Waals surface area contributed by atoms with E-state index < -0.39 is 17.5 Å². The van der Waals surface area contributed by atoms with Crippen LogP contribution in [0.25, 0.3) is 11.1 Å². The number of benzene rings is 4. The molecule has 10 heteroatoms. The SMILES string of the molecule is COC(=O)c1cccc(C(=O)Oc2ccc(-c3ccc4c(c3CNc3ccccc3OC)N(C)C(=O)C(C)(C)N4)c(OC)c2)c1. The molecule has 0 atom stereocenters. The second kappa shape index (κ2) is 12.6. The number of fused-ring (bicyclic) bond motifs is 1. The van der Waals surface area contributed by atoms with Crippen LogP contribution in [0.2, 0.25) is 0 Å². The molecule has 0 fully saturated rings. The van der Waals surface area contributed by atoms with Crippen LogP contribution in [0.3, 0.4) is 0 Å². The number of ether oxygens (including phenoxy) is 4. The fourth-order valence-corrected chi connectivity index (χ4v) is 5.45. The lowest BCUT2D eigenvalue weighted by molar-refractivity contribution is -0.121. The summed E-state index contributed by atoms with van der Waals surface area (Å²) in [5, 5.41) is 6.86. The van der Waals surface area contributed by atoms with E-state index in [2.05, 4.69) is 10.6 Å². The maximum atomic E-state index is 13.4. The first-order valence-corrected chi connectivity index (χ1v) is 14.3. The van der Waals surface area contributed by atoms with Crippen LogP contribution in [-0.2, 0) is 16.1 Å². The van der Waals surface area contributed by atoms with E-state index in [4.69, 9.17) is 18.9 Å². The van der Waals surface area contributed by atoms with Gasteiger partial charge in [-0.2, -0.15) is 0 Å². The van der Waals surface area contributed by atoms with E-state index in [1.54, 1.807) is 49.4 Å². The molecule has 10 nitrogen and oxygen atoms in total. The lowest BCUT2D eigenvalue weighted by atomic mass is 9.91. The van der Waals surface area contributed by atoms with Gasteiger partial charge >= 0.3 is 11.9 Å². The molecule has 2 N–H and O–H groups in total. The maximum Gasteiger partial charge on any atom is 0.343 e. The van der Waals surface area contributed by atoms with Crippen LogP contribution in [0.1, 0.15) is 40.1 Å². The fraction of sp³-hybridized carbons (Fsp3) is 0.229. The quantitative estimate of drug-likeness (QED) is 0.170. The molecule has 0 bridgehead atoms. The minimum Gasteiger partial charge on any atom is -0.496 e. The van der Waals surface area contributed by atoms with Crippen LogP contribution in [-0.4, -0.2) is 51.8 Å². The highest BCUT2D eigenvalue weighted by molar-refractivity contribution is 6.09. The van der Waals surface area contributed by atoms with Gasteiger partial charge in [0.05, 0.1) is 49.5 Å². The number of nitrogens with zero attached hydrogens (tertiary/aromatic N) is 1. The van der Waals surface area contributed by atoms with Crippen molar-refractivity contribution in [3.05, 3.63) is 95.6 Å². The van der Waals surface area contributed by atoms with Crippen molar-refractivity contribution in [2.24, 2.45) is 0 Å². The number of nitrogens with one attached hydrogen (secondary N) is 2. The Bertz CT molecular complexity index is 1780. The summed E-state index contributed by atoms with van der Waals surface area (Å²) in [4.78, 5) is 39.9. The van der Waals surface area contributed by atoms with Crippen LogP contribution in [0, 0.1) is 0 Å². The molecular weight excluding hydrogens is 574 g/mol. The zero-order chi connectivity index (χ0) is 32.3. The van der Waals surface area contributed by atoms with E-state index in [1.165, 1.54) is 20.3 Å². The minimum absolute atomic E-state index is 0.0730. The number of esters is 2. The molecule has 4 aromatic carbocycles. The van der Waals surface area contributed by atoms with E-state index >= 15 is 0 Å². The number of para-hydroxylation sites is 2. The summed E-state index contributed by atoms with van der Waals surface area (Å²) in [6.07, 6.45) is 0. The summed E-state index contributed by atoms with van der Waals surface area (Å²) >= 11 is 0. The van der Waals surface area contributed by atoms with Crippen LogP contribution in [0.4, 0.5) is 17.1 Å². The fourth-order valence-electron chi connectivity index (χ4n) is 5.45. The summed E-state index contributed by atoms with van der Waals surface area (Å²) in [7, 11) is 6.20. The summed E-state index contributed by atoms with van der Waals surface area (Å²) in [6.45, 7) is 4.06. The van der Waals surface area contributed by atoms with Gasteiger partial charge in [0.15, 0.2) is 0 Å². The largest absolute Gasteiger partial charge is 0.496 e. The van der Waals surface area contributed by atoms with Crippen LogP contribution in [0.5, 0.6) is 17.2 Å². The average Bonchev–Trinajstić information content (AvgIpc) is 3.05. The Hall–Kier alpha value is -5.51. The summed E-state index contributed by atoms with van der Waals surface area (Å²) in [5.41, 5.74) is 4.41. The van der Waals surface area contributed by atoms with E-state index in [1.807, 2.05) is 56.3 Å². The van der Waals surface area contributed by atoms with Gasteiger partial charge < -0.3 is 34.5 Å². The highest BCUT2D eigenvalue weighted by Gasteiger charge is 2.38. The van der Waals surface area contributed by atoms with E-state index in [0.29, 0.717) is 18.0 Å². The van der Waals surface area contributed by atoms with Gasteiger partial charge in [-0.05, 0) is 67.9 Å². The standard InChI is InChI=1S/C35H35N3O7/c1-35(2)34(41)38(3)31-26(20-36-27-12-7-8-13-29(27)42-4)24(16-17-28(31)37-35)25-15-14-23(19-30(25)43-5)45-33(40)22-11-9-10-21(18-22)32(39)44-6/h7-19,36-37H,20H2,1-6H3. The van der Waals surface area contributed by atoms with Crippen molar-refractivity contribution in [2.45, 2.75) is 25.9 Å². The number of hydrogen-bond donors (Lipinski definition) is 2. The Morgan fingerprint density at radius 1 is 0.822 bits per heavy atom. The van der Waals surface area contributed by atoms with E-state index in [0.717, 1.165) is 33.8 Å². The third kappa shape index (κ3) is 6.12. The average molecular weight is 610 g/mol. The van der Waals surface area contributed by atoms with Gasteiger partial charge in [-0.3, -0.25) is 4.79 Å². The summed E-state index contributed by atoms with van der Waals surface area (Å²) in [5.74, 6) is 0.138. The number of amides is 1. The van der Waals surface area contributed by atoms with Crippen molar-refractivity contribution in [3.8, 4) is 28.4 Å². The molecular formula is C35H35N3O7. The lowest BCUT2D eigenvalue weighted by Gasteiger charge is -2.40. The number of rotatable bonds is 9. The Morgan fingerprint density at radius 3 is 2.22 bits per heavy atom. The molecule has 1 aliphatic rings. The maximum absolute atomic E-state index is 13.4. The van der Waals surface area contributed by atoms with Gasteiger partial charge in [-0.1, -0.05) is 24.3 Å². The molecule has 0 unspecified atom stereocenters. The van der Waals surface area contributed by atoms with Crippen molar-refractivity contribution >= 4 is 34.9 Å². The number of hydrogen-bond acceptors (Lipinski definition) is 9. The molecule has 1 aliphatic heterocycles. The molecule has 1 heterocycles. The molecule has 5 rings (SSSR count). The highest BCUT2D eigenvalue weighted by atomic mass is 16.5. The number of carbonyl (C=O) groups is 3. The summed E-state index contributed by atoms with van der Waals surface area (Å²) < 4.78 is 21.7. The number of carbonyl (C=O) groups excluding carboxylic acids is 3. The van der Waals surface area contributed by atoms with Gasteiger partial charge in [0.1, 0.15) is 22.8 Å². The smallest absolute Gasteiger partial charge is 0.343 e. The molecule has 0 saturated carbocycles. The van der Waals surface area contributed by atoms with Gasteiger partial charge in [0.2, 0.25) is 0 Å². The molecule has 0 aliphatic carbocycles. The molecule has 0 spiro atoms. The molecule has 45 heavy (non-hydrogen) atoms. The van der Waals surface area contributed by atoms with Gasteiger partial charge in [-0.25, -0.2) is 9.59 Å². The van der Waals surface area contributed by atoms with Crippen molar-refractivity contribution in [1.82, 2.24) is 0 Å². The van der Waals surface area contributed by atoms with Crippen molar-refractivity contribution in [3.63, 3.8) is 0 Å². The Labute approximate surface area is 261 Å². The first-order chi connectivity index (χ1) is 21.6.